The van der Waals surface area contributed by atoms with Crippen LogP contribution in [0.3, 0.4) is 0 Å². The highest BCUT2D eigenvalue weighted by molar-refractivity contribution is 5.72. The lowest BCUT2D eigenvalue weighted by atomic mass is 9.85. The molecule has 0 bridgehead atoms. The number of piperidine rings is 1. The number of hydrogen-bond acceptors (Lipinski definition) is 5. The van der Waals surface area contributed by atoms with Crippen molar-refractivity contribution in [2.45, 2.75) is 25.0 Å². The Hall–Kier alpha value is -2.48. The van der Waals surface area contributed by atoms with Crippen molar-refractivity contribution in [1.82, 2.24) is 20.3 Å². The lowest BCUT2D eigenvalue weighted by Gasteiger charge is -2.36. The van der Waals surface area contributed by atoms with Crippen LogP contribution in [0.15, 0.2) is 57.7 Å². The second-order valence-electron chi connectivity index (χ2n) is 7.66. The topological polar surface area (TPSA) is 62.4 Å². The summed E-state index contributed by atoms with van der Waals surface area (Å²) < 4.78 is 20.3. The molecule has 0 amide bonds. The Morgan fingerprint density at radius 3 is 2.75 bits per heavy atom. The van der Waals surface area contributed by atoms with Gasteiger partial charge >= 0.3 is 5.76 Å². The fraction of sp³-hybridized carbons (Fsp3) is 0.381. The summed E-state index contributed by atoms with van der Waals surface area (Å²) >= 11 is 0. The highest BCUT2D eigenvalue weighted by Crippen LogP contribution is 2.33. The van der Waals surface area contributed by atoms with Crippen molar-refractivity contribution in [2.24, 2.45) is 5.92 Å². The van der Waals surface area contributed by atoms with E-state index in [0.29, 0.717) is 24.1 Å². The van der Waals surface area contributed by atoms with Crippen LogP contribution in [0, 0.1) is 11.7 Å². The first-order valence-corrected chi connectivity index (χ1v) is 9.76. The first-order chi connectivity index (χ1) is 13.7. The average Bonchev–Trinajstić information content (AvgIpc) is 3.27. The van der Waals surface area contributed by atoms with E-state index in [0.717, 1.165) is 37.1 Å². The standard InChI is InChI=1S/C21H23FN4O2/c22-15-7-5-14(6-8-15)20-16-13-25(10-9-17(16)23-24-20)11-12-26-18-3-1-2-4-19(18)28-21(26)27/h1-8,16-17,20,23-24H,9-13H2. The quantitative estimate of drug-likeness (QED) is 0.725. The van der Waals surface area contributed by atoms with Gasteiger partial charge in [0.25, 0.3) is 0 Å². The van der Waals surface area contributed by atoms with Gasteiger partial charge in [-0.2, -0.15) is 0 Å². The number of oxazole rings is 1. The minimum Gasteiger partial charge on any atom is -0.408 e. The summed E-state index contributed by atoms with van der Waals surface area (Å²) in [5, 5.41) is 0. The smallest absolute Gasteiger partial charge is 0.408 e. The van der Waals surface area contributed by atoms with Gasteiger partial charge in [0, 0.05) is 31.6 Å². The van der Waals surface area contributed by atoms with Crippen LogP contribution in [0.4, 0.5) is 4.39 Å². The lowest BCUT2D eigenvalue weighted by molar-refractivity contribution is 0.150. The molecule has 0 aliphatic carbocycles. The zero-order valence-corrected chi connectivity index (χ0v) is 15.5. The van der Waals surface area contributed by atoms with Gasteiger partial charge in [-0.05, 0) is 42.8 Å². The number of nitrogens with zero attached hydrogens (tertiary/aromatic N) is 2. The number of rotatable bonds is 4. The second-order valence-corrected chi connectivity index (χ2v) is 7.66. The zero-order chi connectivity index (χ0) is 19.1. The van der Waals surface area contributed by atoms with Crippen LogP contribution >= 0.6 is 0 Å². The third kappa shape index (κ3) is 3.15. The van der Waals surface area contributed by atoms with Crippen molar-refractivity contribution < 1.29 is 8.81 Å². The average molecular weight is 382 g/mol. The SMILES string of the molecule is O=c1oc2ccccc2n1CCN1CCC2NNC(c3ccc(F)cc3)C2C1. The molecule has 7 heteroatoms. The van der Waals surface area contributed by atoms with Crippen molar-refractivity contribution in [3.63, 3.8) is 0 Å². The Morgan fingerprint density at radius 1 is 1.07 bits per heavy atom. The van der Waals surface area contributed by atoms with Gasteiger partial charge in [-0.15, -0.1) is 0 Å². The lowest BCUT2D eigenvalue weighted by Crippen LogP contribution is -2.46. The molecule has 28 heavy (non-hydrogen) atoms. The summed E-state index contributed by atoms with van der Waals surface area (Å²) in [7, 11) is 0. The van der Waals surface area contributed by atoms with Crippen molar-refractivity contribution in [3.8, 4) is 0 Å². The van der Waals surface area contributed by atoms with Crippen LogP contribution in [0.1, 0.15) is 18.0 Å². The predicted molar refractivity (Wildman–Crippen MR) is 104 cm³/mol. The number of benzene rings is 2. The Balaban J connectivity index is 1.29. The molecule has 3 aromatic rings. The maximum atomic E-state index is 13.3. The largest absolute Gasteiger partial charge is 0.419 e. The molecule has 3 unspecified atom stereocenters. The fourth-order valence-corrected chi connectivity index (χ4v) is 4.54. The maximum Gasteiger partial charge on any atom is 0.419 e. The van der Waals surface area contributed by atoms with Crippen molar-refractivity contribution >= 4 is 11.1 Å². The molecule has 1 aromatic heterocycles. The zero-order valence-electron chi connectivity index (χ0n) is 15.5. The van der Waals surface area contributed by atoms with Gasteiger partial charge in [-0.3, -0.25) is 9.99 Å². The van der Waals surface area contributed by atoms with E-state index in [-0.39, 0.29) is 17.6 Å². The first-order valence-electron chi connectivity index (χ1n) is 9.76. The molecule has 2 aliphatic heterocycles. The molecule has 0 saturated carbocycles. The third-order valence-electron chi connectivity index (χ3n) is 6.04. The molecule has 3 heterocycles. The molecule has 3 atom stereocenters. The minimum absolute atomic E-state index is 0.158. The summed E-state index contributed by atoms with van der Waals surface area (Å²) in [6, 6.07) is 14.8. The third-order valence-corrected chi connectivity index (χ3v) is 6.04. The molecule has 5 rings (SSSR count). The summed E-state index contributed by atoms with van der Waals surface area (Å²) in [6.07, 6.45) is 1.04. The summed E-state index contributed by atoms with van der Waals surface area (Å²) in [5.41, 5.74) is 9.37. The van der Waals surface area contributed by atoms with Gasteiger partial charge in [0.1, 0.15) is 5.82 Å². The van der Waals surface area contributed by atoms with Crippen molar-refractivity contribution in [1.29, 1.82) is 0 Å². The normalized spacial score (nSPS) is 25.2. The molecule has 2 N–H and O–H groups in total. The van der Waals surface area contributed by atoms with E-state index in [9.17, 15) is 9.18 Å². The van der Waals surface area contributed by atoms with E-state index in [4.69, 9.17) is 4.42 Å². The van der Waals surface area contributed by atoms with Crippen LogP contribution < -0.4 is 16.6 Å². The van der Waals surface area contributed by atoms with Crippen LogP contribution in [0.5, 0.6) is 0 Å². The summed E-state index contributed by atoms with van der Waals surface area (Å²) in [4.78, 5) is 14.6. The van der Waals surface area contributed by atoms with E-state index in [1.807, 2.05) is 36.4 Å². The number of hydrogen-bond donors (Lipinski definition) is 2. The maximum absolute atomic E-state index is 13.3. The van der Waals surface area contributed by atoms with E-state index in [1.54, 1.807) is 4.57 Å². The second kappa shape index (κ2) is 7.16. The number of halogens is 1. The molecule has 2 saturated heterocycles. The Kier molecular flexibility index (Phi) is 4.50. The molecule has 2 aliphatic rings. The van der Waals surface area contributed by atoms with Gasteiger partial charge in [0.15, 0.2) is 5.58 Å². The first kappa shape index (κ1) is 17.6. The van der Waals surface area contributed by atoms with Crippen LogP contribution in [-0.2, 0) is 6.54 Å². The molecule has 0 radical (unpaired) electrons. The Bertz CT molecular complexity index is 1030. The van der Waals surface area contributed by atoms with Gasteiger partial charge in [-0.25, -0.2) is 14.6 Å². The summed E-state index contributed by atoms with van der Waals surface area (Å²) in [6.45, 7) is 3.31. The number of aromatic nitrogens is 1. The van der Waals surface area contributed by atoms with Crippen molar-refractivity contribution in [3.05, 3.63) is 70.5 Å². The number of nitrogens with one attached hydrogen (secondary N) is 2. The highest BCUT2D eigenvalue weighted by Gasteiger charge is 2.40. The molecule has 0 spiro atoms. The van der Waals surface area contributed by atoms with Gasteiger partial charge in [0.05, 0.1) is 11.6 Å². The fourth-order valence-electron chi connectivity index (χ4n) is 4.54. The minimum atomic E-state index is -0.301. The Labute approximate surface area is 161 Å². The molecular formula is C21H23FN4O2. The van der Waals surface area contributed by atoms with Crippen LogP contribution in [-0.4, -0.2) is 35.1 Å². The number of para-hydroxylation sites is 2. The monoisotopic (exact) mass is 382 g/mol. The molecule has 146 valence electrons. The number of hydrazine groups is 1. The van der Waals surface area contributed by atoms with E-state index in [2.05, 4.69) is 15.8 Å². The molecule has 6 nitrogen and oxygen atoms in total. The van der Waals surface area contributed by atoms with Crippen molar-refractivity contribution in [2.75, 3.05) is 19.6 Å². The molecular weight excluding hydrogens is 359 g/mol. The van der Waals surface area contributed by atoms with E-state index in [1.165, 1.54) is 12.1 Å². The van der Waals surface area contributed by atoms with E-state index >= 15 is 0 Å². The van der Waals surface area contributed by atoms with Gasteiger partial charge in [-0.1, -0.05) is 24.3 Å². The van der Waals surface area contributed by atoms with E-state index < -0.39 is 0 Å². The van der Waals surface area contributed by atoms with Gasteiger partial charge in [0.2, 0.25) is 0 Å². The number of fused-ring (bicyclic) bond motifs is 2. The Morgan fingerprint density at radius 2 is 1.89 bits per heavy atom. The molecule has 2 aromatic carbocycles. The van der Waals surface area contributed by atoms with Crippen LogP contribution in [0.2, 0.25) is 0 Å². The highest BCUT2D eigenvalue weighted by atomic mass is 19.1. The summed E-state index contributed by atoms with van der Waals surface area (Å²) in [5.74, 6) is -0.115. The number of likely N-dealkylation sites (tertiary alicyclic amines) is 1. The van der Waals surface area contributed by atoms with Crippen LogP contribution in [0.25, 0.3) is 11.1 Å². The van der Waals surface area contributed by atoms with Gasteiger partial charge < -0.3 is 9.32 Å². The predicted octanol–water partition coefficient (Wildman–Crippen LogP) is 2.27. The molecule has 2 fully saturated rings.